The minimum Gasteiger partial charge on any atom is -0.308 e. The van der Waals surface area contributed by atoms with Gasteiger partial charge in [0, 0.05) is 44.2 Å². The molecule has 0 atom stereocenters. The van der Waals surface area contributed by atoms with Crippen LogP contribution in [0, 0.1) is 0 Å². The third-order valence-electron chi connectivity index (χ3n) is 6.86. The fourth-order valence-corrected chi connectivity index (χ4v) is 6.60. The van der Waals surface area contributed by atoms with Gasteiger partial charge in [-0.15, -0.1) is 0 Å². The number of anilines is 6. The van der Waals surface area contributed by atoms with Crippen LogP contribution in [-0.2, 0) is 20.0 Å². The number of hydrogen-bond acceptors (Lipinski definition) is 8. The number of carbonyl (C=O) groups excluding carboxylic acids is 4. The number of benzene rings is 5. The summed E-state index contributed by atoms with van der Waals surface area (Å²) in [5.74, 6) is 0. The Balaban J connectivity index is 1.11. The van der Waals surface area contributed by atoms with E-state index >= 15 is 0 Å². The molecule has 20 heteroatoms. The number of nitrogens with one attached hydrogen (secondary N) is 8. The monoisotopic (exact) mass is 810 g/mol. The Labute approximate surface area is 318 Å². The Hall–Kier alpha value is -6.34. The molecule has 5 rings (SSSR count). The lowest BCUT2D eigenvalue weighted by molar-refractivity contribution is 0.255. The Morgan fingerprint density at radius 3 is 0.981 bits per heavy atom. The van der Waals surface area contributed by atoms with Crippen molar-refractivity contribution in [3.05, 3.63) is 131 Å². The van der Waals surface area contributed by atoms with E-state index in [9.17, 15) is 36.0 Å². The van der Waals surface area contributed by atoms with Crippen LogP contribution in [0.15, 0.2) is 131 Å². The van der Waals surface area contributed by atoms with Crippen LogP contribution in [0.2, 0.25) is 10.0 Å². The molecule has 54 heavy (non-hydrogen) atoms. The highest BCUT2D eigenvalue weighted by Gasteiger charge is 2.20. The van der Waals surface area contributed by atoms with Crippen LogP contribution >= 0.6 is 23.2 Å². The van der Waals surface area contributed by atoms with E-state index in [1.54, 1.807) is 48.5 Å². The van der Waals surface area contributed by atoms with Gasteiger partial charge in [-0.3, -0.25) is 0 Å². The predicted octanol–water partition coefficient (Wildman–Crippen LogP) is 7.30. The third-order valence-corrected chi connectivity index (χ3v) is 10.0. The van der Waals surface area contributed by atoms with Crippen LogP contribution < -0.4 is 41.3 Å². The molecule has 0 spiro atoms. The fraction of sp³-hybridized carbons (Fsp3) is 0. The van der Waals surface area contributed by atoms with E-state index in [0.717, 1.165) is 12.1 Å². The lowest BCUT2D eigenvalue weighted by atomic mass is 10.3. The van der Waals surface area contributed by atoms with Crippen molar-refractivity contribution in [2.24, 2.45) is 0 Å². The molecular formula is C34H28Cl2N8O8S2. The summed E-state index contributed by atoms with van der Waals surface area (Å²) in [5, 5.41) is 15.8. The van der Waals surface area contributed by atoms with Crippen molar-refractivity contribution in [2.45, 2.75) is 9.79 Å². The highest BCUT2D eigenvalue weighted by atomic mass is 35.5. The maximum absolute atomic E-state index is 12.9. The lowest BCUT2D eigenvalue weighted by Crippen LogP contribution is -2.34. The molecule has 8 amide bonds. The maximum atomic E-state index is 12.9. The molecule has 0 unspecified atom stereocenters. The van der Waals surface area contributed by atoms with Gasteiger partial charge in [0.15, 0.2) is 0 Å². The minimum atomic E-state index is -4.39. The zero-order chi connectivity index (χ0) is 38.9. The van der Waals surface area contributed by atoms with E-state index < -0.39 is 44.2 Å². The molecule has 0 heterocycles. The molecule has 0 fully saturated rings. The number of hydrogen-bond donors (Lipinski definition) is 8. The number of carbonyl (C=O) groups is 4. The van der Waals surface area contributed by atoms with Gasteiger partial charge in [-0.2, -0.15) is 0 Å². The molecule has 8 N–H and O–H groups in total. The van der Waals surface area contributed by atoms with Gasteiger partial charge in [-0.05, 0) is 109 Å². The van der Waals surface area contributed by atoms with Crippen molar-refractivity contribution in [3.8, 4) is 0 Å². The molecule has 0 saturated carbocycles. The van der Waals surface area contributed by atoms with Gasteiger partial charge in [0.05, 0.1) is 9.79 Å². The standard InChI is InChI=1S/C34H28Cl2N8O8S2/c35-21-7-11-23(12-8-21)37-31(45)41-27-3-1-5-29(19-27)53(49,50)43-33(47)39-25-15-17-26(18-16-25)40-34(48)44-54(51,52)30-6-2-4-28(20-30)42-32(46)38-24-13-9-22(36)10-14-24/h1-20H,(H2,37,41,45)(H2,38,42,46)(H2,39,43,47)(H2,40,44,48). The Bertz CT molecular complexity index is 2250. The average Bonchev–Trinajstić information content (AvgIpc) is 3.11. The molecule has 0 aliphatic carbocycles. The summed E-state index contributed by atoms with van der Waals surface area (Å²) in [6, 6.07) is 24.8. The van der Waals surface area contributed by atoms with Crippen molar-refractivity contribution < 1.29 is 36.0 Å². The van der Waals surface area contributed by atoms with Crippen LogP contribution in [0.5, 0.6) is 0 Å². The number of halogens is 2. The molecule has 0 aliphatic heterocycles. The van der Waals surface area contributed by atoms with E-state index in [0.29, 0.717) is 21.4 Å². The predicted molar refractivity (Wildman–Crippen MR) is 206 cm³/mol. The normalized spacial score (nSPS) is 11.0. The first-order valence-corrected chi connectivity index (χ1v) is 19.0. The molecule has 0 aromatic heterocycles. The zero-order valence-electron chi connectivity index (χ0n) is 27.4. The summed E-state index contributed by atoms with van der Waals surface area (Å²) in [6.07, 6.45) is 0. The summed E-state index contributed by atoms with van der Waals surface area (Å²) in [5.41, 5.74) is 1.41. The van der Waals surface area contributed by atoms with Crippen molar-refractivity contribution in [1.29, 1.82) is 0 Å². The van der Waals surface area contributed by atoms with Gasteiger partial charge < -0.3 is 31.9 Å². The second-order valence-corrected chi connectivity index (χ2v) is 15.2. The van der Waals surface area contributed by atoms with Crippen molar-refractivity contribution in [3.63, 3.8) is 0 Å². The third kappa shape index (κ3) is 11.3. The van der Waals surface area contributed by atoms with Gasteiger partial charge in [-0.25, -0.2) is 45.5 Å². The summed E-state index contributed by atoms with van der Waals surface area (Å²) in [4.78, 5) is 49.2. The van der Waals surface area contributed by atoms with E-state index in [4.69, 9.17) is 23.2 Å². The first-order valence-electron chi connectivity index (χ1n) is 15.3. The summed E-state index contributed by atoms with van der Waals surface area (Å²) < 4.78 is 55.3. The molecule has 0 aliphatic rings. The van der Waals surface area contributed by atoms with Crippen LogP contribution in [-0.4, -0.2) is 41.0 Å². The maximum Gasteiger partial charge on any atom is 0.333 e. The quantitative estimate of drug-likeness (QED) is 0.0711. The SMILES string of the molecule is O=C(Nc1ccc(Cl)cc1)Nc1cccc(S(=O)(=O)NC(=O)Nc2ccc(NC(=O)NS(=O)(=O)c3cccc(NC(=O)Nc4ccc(Cl)cc4)c3)cc2)c1. The molecule has 0 bridgehead atoms. The first kappa shape index (κ1) is 38.9. The lowest BCUT2D eigenvalue weighted by Gasteiger charge is -2.12. The van der Waals surface area contributed by atoms with E-state index in [2.05, 4.69) is 31.9 Å². The zero-order valence-corrected chi connectivity index (χ0v) is 30.5. The molecule has 0 saturated heterocycles. The highest BCUT2D eigenvalue weighted by molar-refractivity contribution is 7.90. The van der Waals surface area contributed by atoms with E-state index in [1.807, 2.05) is 9.44 Å². The van der Waals surface area contributed by atoms with Crippen LogP contribution in [0.25, 0.3) is 0 Å². The van der Waals surface area contributed by atoms with Crippen LogP contribution in [0.3, 0.4) is 0 Å². The van der Waals surface area contributed by atoms with Gasteiger partial charge in [0.25, 0.3) is 20.0 Å². The second-order valence-electron chi connectivity index (χ2n) is 10.9. The van der Waals surface area contributed by atoms with Crippen LogP contribution in [0.1, 0.15) is 0 Å². The molecule has 278 valence electrons. The van der Waals surface area contributed by atoms with Crippen LogP contribution in [0.4, 0.5) is 53.3 Å². The minimum absolute atomic E-state index is 0.125. The smallest absolute Gasteiger partial charge is 0.308 e. The van der Waals surface area contributed by atoms with Gasteiger partial charge in [0.1, 0.15) is 0 Å². The summed E-state index contributed by atoms with van der Waals surface area (Å²) in [7, 11) is -8.77. The van der Waals surface area contributed by atoms with Crippen molar-refractivity contribution >= 4 is 101 Å². The number of rotatable bonds is 10. The van der Waals surface area contributed by atoms with E-state index in [-0.39, 0.29) is 32.5 Å². The first-order chi connectivity index (χ1) is 25.6. The van der Waals surface area contributed by atoms with Gasteiger partial charge in [0.2, 0.25) is 0 Å². The molecule has 5 aromatic carbocycles. The molecule has 5 aromatic rings. The van der Waals surface area contributed by atoms with Gasteiger partial charge in [-0.1, -0.05) is 35.3 Å². The second kappa shape index (κ2) is 17.0. The number of sulfonamides is 2. The highest BCUT2D eigenvalue weighted by Crippen LogP contribution is 2.20. The molecule has 0 radical (unpaired) electrons. The van der Waals surface area contributed by atoms with Crippen molar-refractivity contribution in [1.82, 2.24) is 9.44 Å². The molecular weight excluding hydrogens is 783 g/mol. The number of amides is 8. The number of urea groups is 4. The van der Waals surface area contributed by atoms with E-state index in [1.165, 1.54) is 60.7 Å². The summed E-state index contributed by atoms with van der Waals surface area (Å²) >= 11 is 11.7. The Morgan fingerprint density at radius 2 is 0.648 bits per heavy atom. The Morgan fingerprint density at radius 1 is 0.370 bits per heavy atom. The topological polar surface area (TPSA) is 233 Å². The largest absolute Gasteiger partial charge is 0.333 e. The van der Waals surface area contributed by atoms with Crippen molar-refractivity contribution in [2.75, 3.05) is 31.9 Å². The average molecular weight is 812 g/mol. The summed E-state index contributed by atoms with van der Waals surface area (Å²) in [6.45, 7) is 0. The Kier molecular flexibility index (Phi) is 12.2. The fourth-order valence-electron chi connectivity index (χ4n) is 4.45. The van der Waals surface area contributed by atoms with Gasteiger partial charge >= 0.3 is 24.1 Å². The molecule has 16 nitrogen and oxygen atoms in total.